The number of hydrogen-bond donors (Lipinski definition) is 0. The molecular weight excluding hydrogens is 2310 g/mol. The molecule has 8 aromatic carbocycles. The van der Waals surface area contributed by atoms with Crippen molar-refractivity contribution in [2.75, 3.05) is 0 Å². The van der Waals surface area contributed by atoms with Gasteiger partial charge in [0.15, 0.2) is 0 Å². The number of aromatic nitrogens is 12. The van der Waals surface area contributed by atoms with Crippen LogP contribution in [0, 0.1) is 60.8 Å². The van der Waals surface area contributed by atoms with Gasteiger partial charge >= 0.3 is 6.18 Å². The second-order valence-corrected chi connectivity index (χ2v) is 20.0. The van der Waals surface area contributed by atoms with Gasteiger partial charge in [-0.3, -0.25) is 43.1 Å². The van der Waals surface area contributed by atoms with Crippen molar-refractivity contribution in [3.8, 4) is 74.0 Å². The van der Waals surface area contributed by atoms with Crippen molar-refractivity contribution >= 4 is 0 Å². The summed E-state index contributed by atoms with van der Waals surface area (Å²) in [6.07, 6.45) is 16.9. The number of halogens is 6. The zero-order valence-corrected chi connectivity index (χ0v) is 66.4. The van der Waals surface area contributed by atoms with Crippen LogP contribution < -0.4 is 0 Å². The maximum absolute atomic E-state index is 13.3. The van der Waals surface area contributed by atoms with Crippen LogP contribution in [-0.2, 0) is 162 Å². The Bertz CT molecular complexity index is 4440. The predicted molar refractivity (Wildman–Crippen MR) is 339 cm³/mol. The number of rotatable bonds is 9. The van der Waals surface area contributed by atoms with Crippen molar-refractivity contribution in [3.63, 3.8) is 0 Å². The summed E-state index contributed by atoms with van der Waals surface area (Å²) in [5, 5.41) is 0. The zero-order chi connectivity index (χ0) is 64.1. The van der Waals surface area contributed by atoms with Crippen LogP contribution in [-0.4, -0.2) is 57.3 Å². The second-order valence-electron chi connectivity index (χ2n) is 20.0. The fourth-order valence-electron chi connectivity index (χ4n) is 8.99. The van der Waals surface area contributed by atoms with E-state index in [1.165, 1.54) is 17.7 Å². The van der Waals surface area contributed by atoms with Crippen LogP contribution in [0.3, 0.4) is 0 Å². The minimum atomic E-state index is -4.38. The molecular formula is C73H58F6Ir6N12-6. The maximum Gasteiger partial charge on any atom is 0.399 e. The SMILES string of the molecule is Cc1cc(-c2nccn2C)[c-]c(C(F)(F)F)c1.Cn1ccnc1-c1[c-]cc(F)cc1.Cn1ccnc1-c1[c-]cc(F)cc1F.Cn1ccnc1-c1[c-]cccc1.[Ir].[Ir].[Ir].[Ir].[Ir].[Ir].[c-]1ccccc1-c1nccn1-c1ccccc1.[c-]1ccccc1-c1nccn1Cc1ccccc1. The van der Waals surface area contributed by atoms with Gasteiger partial charge in [-0.1, -0.05) is 67.1 Å². The summed E-state index contributed by atoms with van der Waals surface area (Å²) < 4.78 is 87.7. The Morgan fingerprint density at radius 3 is 1.28 bits per heavy atom. The molecule has 14 rings (SSSR count). The van der Waals surface area contributed by atoms with Gasteiger partial charge in [0.25, 0.3) is 0 Å². The van der Waals surface area contributed by atoms with Gasteiger partial charge in [-0.05, 0) is 23.3 Å². The van der Waals surface area contributed by atoms with E-state index in [2.05, 4.69) is 112 Å². The zero-order valence-electron chi connectivity index (χ0n) is 52.0. The minimum Gasteiger partial charge on any atom is -0.373 e. The third-order valence-corrected chi connectivity index (χ3v) is 13.4. The predicted octanol–water partition coefficient (Wildman–Crippen LogP) is 16.0. The Balaban J connectivity index is 0.000000301. The first-order chi connectivity index (χ1) is 44.1. The first-order valence-corrected chi connectivity index (χ1v) is 28.2. The number of para-hydroxylation sites is 1. The Kier molecular flexibility index (Phi) is 36.0. The average Bonchev–Trinajstić information content (AvgIpc) is 1.83. The molecule has 6 heterocycles. The van der Waals surface area contributed by atoms with Crippen molar-refractivity contribution in [1.29, 1.82) is 0 Å². The van der Waals surface area contributed by atoms with E-state index in [-0.39, 0.29) is 132 Å². The Hall–Kier alpha value is -7.50. The van der Waals surface area contributed by atoms with Crippen LogP contribution in [0.25, 0.3) is 74.0 Å². The summed E-state index contributed by atoms with van der Waals surface area (Å²) in [5.41, 5.74) is 6.54. The third-order valence-electron chi connectivity index (χ3n) is 13.4. The number of alkyl halides is 3. The van der Waals surface area contributed by atoms with Crippen LogP contribution in [0.2, 0.25) is 0 Å². The van der Waals surface area contributed by atoms with Crippen molar-refractivity contribution in [3.05, 3.63) is 321 Å². The monoisotopic (exact) mass is 2370 g/mol. The molecule has 0 fully saturated rings. The summed E-state index contributed by atoms with van der Waals surface area (Å²) in [5.74, 6) is 2.95. The molecule has 6 aromatic heterocycles. The van der Waals surface area contributed by atoms with E-state index in [1.807, 2.05) is 157 Å². The number of aryl methyl sites for hydroxylation is 5. The standard InChI is InChI=1S/C16H13N2.C15H11N2.C12H10F3N2.C10H7F2N2.C10H8FN2.C10H9N2.6Ir/c1-3-7-14(8-4-1)13-18-12-11-17-16(18)15-9-5-2-6-10-15;1-3-7-13(8-4-1)15-16-11-12-17(15)14-9-5-2-6-10-14;1-8-5-9(11-16-3-4-17(11)2)7-10(6-8)12(13,14)15;1-14-5-4-13-10(14)8-3-2-7(11)6-9(8)12;1-13-7-6-12-10(13)8-2-4-9(11)5-3-8;1-12-8-7-11-10(12)9-5-3-2-4-6-9;;;;;;/h1-9,11-12H,13H2;1-7,9-12H;3-6H,1-2H3;2,4-6H,1H3;2,4-7H,1H3;2-5,7-8H,1H3;;;;;;/q6*-1;;;;;;. The molecule has 97 heavy (non-hydrogen) atoms. The molecule has 24 heteroatoms. The Morgan fingerprint density at radius 1 is 0.392 bits per heavy atom. The molecule has 0 saturated carbocycles. The summed E-state index contributed by atoms with van der Waals surface area (Å²) in [6.45, 7) is 2.45. The van der Waals surface area contributed by atoms with Gasteiger partial charge in [-0.25, -0.2) is 0 Å². The van der Waals surface area contributed by atoms with E-state index in [1.54, 1.807) is 79.5 Å². The van der Waals surface area contributed by atoms with E-state index in [4.69, 9.17) is 0 Å². The molecule has 6 radical (unpaired) electrons. The molecule has 0 bridgehead atoms. The van der Waals surface area contributed by atoms with Gasteiger partial charge in [-0.2, -0.15) is 13.2 Å². The van der Waals surface area contributed by atoms with E-state index < -0.39 is 23.4 Å². The molecule has 12 nitrogen and oxygen atoms in total. The quantitative estimate of drug-likeness (QED) is 0.105. The molecule has 0 saturated heterocycles. The second kappa shape index (κ2) is 41.7. The Morgan fingerprint density at radius 2 is 0.814 bits per heavy atom. The van der Waals surface area contributed by atoms with Crippen LogP contribution in [0.15, 0.2) is 250 Å². The number of nitrogens with zero attached hydrogens (tertiary/aromatic N) is 12. The molecule has 0 N–H and O–H groups in total. The largest absolute Gasteiger partial charge is 0.399 e. The number of benzene rings is 8. The van der Waals surface area contributed by atoms with Crippen LogP contribution in [0.5, 0.6) is 0 Å². The van der Waals surface area contributed by atoms with Crippen molar-refractivity contribution in [1.82, 2.24) is 57.3 Å². The van der Waals surface area contributed by atoms with Crippen molar-refractivity contribution in [2.24, 2.45) is 28.2 Å². The molecule has 14 aromatic rings. The van der Waals surface area contributed by atoms with Gasteiger partial charge in [0.05, 0.1) is 34.9 Å². The van der Waals surface area contributed by atoms with E-state index >= 15 is 0 Å². The van der Waals surface area contributed by atoms with Crippen molar-refractivity contribution in [2.45, 2.75) is 19.6 Å². The van der Waals surface area contributed by atoms with Gasteiger partial charge in [0, 0.05) is 253 Å². The molecule has 0 atom stereocenters. The number of hydrogen-bond acceptors (Lipinski definition) is 6. The van der Waals surface area contributed by atoms with Gasteiger partial charge < -0.3 is 27.4 Å². The first kappa shape index (κ1) is 83.7. The van der Waals surface area contributed by atoms with Gasteiger partial charge in [0.1, 0.15) is 0 Å². The molecule has 0 spiro atoms. The molecule has 0 aliphatic carbocycles. The molecule has 0 aliphatic heterocycles. The van der Waals surface area contributed by atoms with E-state index in [0.29, 0.717) is 22.8 Å². The van der Waals surface area contributed by atoms with E-state index in [9.17, 15) is 26.3 Å². The van der Waals surface area contributed by atoms with Crippen LogP contribution in [0.4, 0.5) is 26.3 Å². The average molecular weight is 2370 g/mol. The minimum absolute atomic E-state index is 0. The van der Waals surface area contributed by atoms with Gasteiger partial charge in [-0.15, -0.1) is 179 Å². The fourth-order valence-corrected chi connectivity index (χ4v) is 8.99. The van der Waals surface area contributed by atoms with Crippen LogP contribution >= 0.6 is 0 Å². The summed E-state index contributed by atoms with van der Waals surface area (Å²) in [7, 11) is 7.33. The molecule has 0 unspecified atom stereocenters. The fraction of sp³-hybridized carbons (Fsp3) is 0.0959. The molecule has 512 valence electrons. The van der Waals surface area contributed by atoms with Crippen molar-refractivity contribution < 1.29 is 147 Å². The Labute approximate surface area is 640 Å². The normalized spacial score (nSPS) is 9.97. The first-order valence-electron chi connectivity index (χ1n) is 28.2. The number of imidazole rings is 6. The van der Waals surface area contributed by atoms with Crippen LogP contribution in [0.1, 0.15) is 16.7 Å². The summed E-state index contributed by atoms with van der Waals surface area (Å²) in [4.78, 5) is 25.1. The van der Waals surface area contributed by atoms with E-state index in [0.717, 1.165) is 76.0 Å². The maximum atomic E-state index is 13.3. The summed E-state index contributed by atoms with van der Waals surface area (Å²) >= 11 is 0. The topological polar surface area (TPSA) is 107 Å². The molecule has 0 amide bonds. The molecule has 0 aliphatic rings. The third kappa shape index (κ3) is 24.2. The summed E-state index contributed by atoms with van der Waals surface area (Å²) in [6, 6.07) is 70.4. The van der Waals surface area contributed by atoms with Gasteiger partial charge in [0.2, 0.25) is 0 Å². The smallest absolute Gasteiger partial charge is 0.373 e.